The second-order valence-electron chi connectivity index (χ2n) is 5.31. The van der Waals surface area contributed by atoms with Crippen LogP contribution in [0.15, 0.2) is 35.1 Å². The normalized spacial score (nSPS) is 11.2. The van der Waals surface area contributed by atoms with Crippen molar-refractivity contribution in [2.75, 3.05) is 6.54 Å². The first-order valence-corrected chi connectivity index (χ1v) is 7.50. The van der Waals surface area contributed by atoms with Crippen LogP contribution in [0.5, 0.6) is 0 Å². The summed E-state index contributed by atoms with van der Waals surface area (Å²) in [5.74, 6) is 0.420. The zero-order valence-electron chi connectivity index (χ0n) is 11.7. The van der Waals surface area contributed by atoms with E-state index in [-0.39, 0.29) is 5.82 Å². The fourth-order valence-corrected chi connectivity index (χ4v) is 2.34. The van der Waals surface area contributed by atoms with E-state index in [0.29, 0.717) is 18.0 Å². The lowest BCUT2D eigenvalue weighted by atomic mass is 10.2. The van der Waals surface area contributed by atoms with Gasteiger partial charge in [0, 0.05) is 28.3 Å². The SMILES string of the molecule is CC(C)CNCc1cnn(Cc2cc(Br)ccc2F)c1. The van der Waals surface area contributed by atoms with Gasteiger partial charge in [0.2, 0.25) is 0 Å². The molecule has 0 spiro atoms. The largest absolute Gasteiger partial charge is 0.312 e. The fourth-order valence-electron chi connectivity index (χ4n) is 1.93. The lowest BCUT2D eigenvalue weighted by Crippen LogP contribution is -2.18. The van der Waals surface area contributed by atoms with Crippen molar-refractivity contribution in [2.45, 2.75) is 26.9 Å². The standard InChI is InChI=1S/C15H19BrFN3/c1-11(2)6-18-7-12-8-19-20(9-12)10-13-5-14(16)3-4-15(13)17/h3-5,8-9,11,18H,6-7,10H2,1-2H3. The Kier molecular flexibility index (Phi) is 5.31. The van der Waals surface area contributed by atoms with E-state index in [1.54, 1.807) is 16.8 Å². The number of aromatic nitrogens is 2. The van der Waals surface area contributed by atoms with Crippen LogP contribution in [0.2, 0.25) is 0 Å². The predicted octanol–water partition coefficient (Wildman–Crippen LogP) is 3.58. The highest BCUT2D eigenvalue weighted by Crippen LogP contribution is 2.16. The third kappa shape index (κ3) is 4.42. The molecule has 1 heterocycles. The number of benzene rings is 1. The van der Waals surface area contributed by atoms with Gasteiger partial charge in [-0.2, -0.15) is 5.10 Å². The molecule has 2 rings (SSSR count). The smallest absolute Gasteiger partial charge is 0.128 e. The van der Waals surface area contributed by atoms with Gasteiger partial charge in [-0.3, -0.25) is 4.68 Å². The Hall–Kier alpha value is -1.20. The van der Waals surface area contributed by atoms with Crippen LogP contribution >= 0.6 is 15.9 Å². The Morgan fingerprint density at radius 2 is 2.20 bits per heavy atom. The summed E-state index contributed by atoms with van der Waals surface area (Å²) in [5, 5.41) is 7.64. The molecule has 0 unspecified atom stereocenters. The molecule has 0 saturated heterocycles. The summed E-state index contributed by atoms with van der Waals surface area (Å²) < 4.78 is 16.3. The molecule has 20 heavy (non-hydrogen) atoms. The molecule has 2 aromatic rings. The van der Waals surface area contributed by atoms with Crippen LogP contribution in [-0.4, -0.2) is 16.3 Å². The lowest BCUT2D eigenvalue weighted by Gasteiger charge is -2.05. The maximum absolute atomic E-state index is 13.7. The number of nitrogens with one attached hydrogen (secondary N) is 1. The van der Waals surface area contributed by atoms with E-state index in [4.69, 9.17) is 0 Å². The average Bonchev–Trinajstić information content (AvgIpc) is 2.81. The molecule has 0 radical (unpaired) electrons. The molecule has 0 saturated carbocycles. The van der Waals surface area contributed by atoms with Gasteiger partial charge in [-0.05, 0) is 30.7 Å². The fraction of sp³-hybridized carbons (Fsp3) is 0.400. The number of hydrogen-bond acceptors (Lipinski definition) is 2. The van der Waals surface area contributed by atoms with Gasteiger partial charge in [-0.15, -0.1) is 0 Å². The molecular weight excluding hydrogens is 321 g/mol. The first-order valence-electron chi connectivity index (χ1n) is 6.70. The second kappa shape index (κ2) is 6.99. The summed E-state index contributed by atoms with van der Waals surface area (Å²) in [6.45, 7) is 6.55. The van der Waals surface area contributed by atoms with Gasteiger partial charge < -0.3 is 5.32 Å². The van der Waals surface area contributed by atoms with E-state index in [9.17, 15) is 4.39 Å². The molecule has 1 N–H and O–H groups in total. The van der Waals surface area contributed by atoms with E-state index in [0.717, 1.165) is 23.1 Å². The Balaban J connectivity index is 1.97. The van der Waals surface area contributed by atoms with Crippen molar-refractivity contribution in [1.82, 2.24) is 15.1 Å². The van der Waals surface area contributed by atoms with Crippen molar-refractivity contribution in [3.63, 3.8) is 0 Å². The van der Waals surface area contributed by atoms with Gasteiger partial charge >= 0.3 is 0 Å². The van der Waals surface area contributed by atoms with Gasteiger partial charge in [0.1, 0.15) is 5.82 Å². The molecule has 0 fully saturated rings. The van der Waals surface area contributed by atoms with Gasteiger partial charge in [-0.25, -0.2) is 4.39 Å². The lowest BCUT2D eigenvalue weighted by molar-refractivity contribution is 0.551. The van der Waals surface area contributed by atoms with Crippen LogP contribution in [-0.2, 0) is 13.1 Å². The van der Waals surface area contributed by atoms with Crippen molar-refractivity contribution in [2.24, 2.45) is 5.92 Å². The zero-order chi connectivity index (χ0) is 14.5. The molecule has 1 aromatic carbocycles. The van der Waals surface area contributed by atoms with Gasteiger partial charge in [-0.1, -0.05) is 29.8 Å². The van der Waals surface area contributed by atoms with Crippen LogP contribution in [0.1, 0.15) is 25.0 Å². The predicted molar refractivity (Wildman–Crippen MR) is 82.0 cm³/mol. The highest BCUT2D eigenvalue weighted by molar-refractivity contribution is 9.10. The van der Waals surface area contributed by atoms with E-state index in [2.05, 4.69) is 40.2 Å². The molecule has 1 aromatic heterocycles. The third-order valence-corrected chi connectivity index (χ3v) is 3.40. The van der Waals surface area contributed by atoms with E-state index in [1.807, 2.05) is 12.4 Å². The van der Waals surface area contributed by atoms with Crippen molar-refractivity contribution >= 4 is 15.9 Å². The highest BCUT2D eigenvalue weighted by atomic mass is 79.9. The molecule has 3 nitrogen and oxygen atoms in total. The van der Waals surface area contributed by atoms with Gasteiger partial charge in [0.15, 0.2) is 0 Å². The van der Waals surface area contributed by atoms with Crippen LogP contribution in [0.4, 0.5) is 4.39 Å². The molecule has 0 atom stereocenters. The monoisotopic (exact) mass is 339 g/mol. The van der Waals surface area contributed by atoms with Crippen LogP contribution in [0.3, 0.4) is 0 Å². The van der Waals surface area contributed by atoms with E-state index in [1.165, 1.54) is 6.07 Å². The molecule has 108 valence electrons. The Bertz CT molecular complexity index is 566. The Labute approximate surface area is 127 Å². The summed E-state index contributed by atoms with van der Waals surface area (Å²) in [6, 6.07) is 4.95. The summed E-state index contributed by atoms with van der Waals surface area (Å²) in [4.78, 5) is 0. The summed E-state index contributed by atoms with van der Waals surface area (Å²) in [7, 11) is 0. The van der Waals surface area contributed by atoms with Crippen molar-refractivity contribution < 1.29 is 4.39 Å². The minimum atomic E-state index is -0.205. The minimum absolute atomic E-state index is 0.205. The van der Waals surface area contributed by atoms with Gasteiger partial charge in [0.25, 0.3) is 0 Å². The van der Waals surface area contributed by atoms with Crippen LogP contribution in [0, 0.1) is 11.7 Å². The van der Waals surface area contributed by atoms with Crippen molar-refractivity contribution in [3.05, 3.63) is 52.0 Å². The Morgan fingerprint density at radius 3 is 2.95 bits per heavy atom. The summed E-state index contributed by atoms with van der Waals surface area (Å²) in [5.41, 5.74) is 1.74. The van der Waals surface area contributed by atoms with Gasteiger partial charge in [0.05, 0.1) is 12.7 Å². The molecule has 0 amide bonds. The van der Waals surface area contributed by atoms with Crippen LogP contribution in [0.25, 0.3) is 0 Å². The molecule has 0 bridgehead atoms. The Morgan fingerprint density at radius 1 is 1.40 bits per heavy atom. The molecule has 0 aliphatic heterocycles. The maximum atomic E-state index is 13.7. The topological polar surface area (TPSA) is 29.9 Å². The third-order valence-electron chi connectivity index (χ3n) is 2.91. The number of hydrogen-bond donors (Lipinski definition) is 1. The zero-order valence-corrected chi connectivity index (χ0v) is 13.3. The molecule has 0 aliphatic rings. The highest BCUT2D eigenvalue weighted by Gasteiger charge is 2.05. The summed E-state index contributed by atoms with van der Waals surface area (Å²) >= 11 is 3.36. The average molecular weight is 340 g/mol. The molecular formula is C15H19BrFN3. The molecule has 5 heteroatoms. The number of halogens is 2. The number of rotatable bonds is 6. The summed E-state index contributed by atoms with van der Waals surface area (Å²) in [6.07, 6.45) is 3.77. The van der Waals surface area contributed by atoms with E-state index >= 15 is 0 Å². The number of nitrogens with zero attached hydrogens (tertiary/aromatic N) is 2. The first kappa shape index (κ1) is 15.2. The van der Waals surface area contributed by atoms with Crippen molar-refractivity contribution in [3.8, 4) is 0 Å². The van der Waals surface area contributed by atoms with Crippen LogP contribution < -0.4 is 5.32 Å². The molecule has 0 aliphatic carbocycles. The van der Waals surface area contributed by atoms with E-state index < -0.39 is 0 Å². The maximum Gasteiger partial charge on any atom is 0.128 e. The first-order chi connectivity index (χ1) is 9.54. The quantitative estimate of drug-likeness (QED) is 0.871. The minimum Gasteiger partial charge on any atom is -0.312 e. The van der Waals surface area contributed by atoms with Crippen molar-refractivity contribution in [1.29, 1.82) is 0 Å². The second-order valence-corrected chi connectivity index (χ2v) is 6.22.